The van der Waals surface area contributed by atoms with Gasteiger partial charge in [-0.15, -0.1) is 0 Å². The number of carbonyl (C=O) groups is 12. The third-order valence-electron chi connectivity index (χ3n) is 23.9. The van der Waals surface area contributed by atoms with E-state index in [2.05, 4.69) is 10.6 Å². The number of fused-ring (bicyclic) bond motifs is 3. The van der Waals surface area contributed by atoms with Gasteiger partial charge in [-0.1, -0.05) is 97.6 Å². The third kappa shape index (κ3) is 19.2. The van der Waals surface area contributed by atoms with E-state index in [0.29, 0.717) is 38.5 Å². The summed E-state index contributed by atoms with van der Waals surface area (Å²) in [7, 11) is 14.4. The summed E-state index contributed by atoms with van der Waals surface area (Å²) in [6.07, 6.45) is 7.31. The lowest BCUT2D eigenvalue weighted by atomic mass is 9.73. The van der Waals surface area contributed by atoms with Crippen LogP contribution in [0.25, 0.3) is 0 Å². The van der Waals surface area contributed by atoms with Gasteiger partial charge in [-0.3, -0.25) is 57.5 Å². The van der Waals surface area contributed by atoms with E-state index in [1.165, 1.54) is 120 Å². The molecule has 13 atom stereocenters. The molecule has 7 aliphatic rings. The molecular weight excluding hydrogens is 1320 g/mol. The molecule has 0 radical (unpaired) electrons. The first-order valence-corrected chi connectivity index (χ1v) is 37.6. The molecule has 12 amide bonds. The van der Waals surface area contributed by atoms with Crippen molar-refractivity contribution >= 4 is 70.9 Å². The van der Waals surface area contributed by atoms with Crippen LogP contribution >= 0.6 is 0 Å². The fourth-order valence-corrected chi connectivity index (χ4v) is 17.1. The summed E-state index contributed by atoms with van der Waals surface area (Å²) in [6.45, 7) is 6.34. The van der Waals surface area contributed by atoms with Gasteiger partial charge < -0.3 is 64.4 Å². The van der Waals surface area contributed by atoms with E-state index in [1.807, 2.05) is 26.8 Å². The maximum atomic E-state index is 15.7. The van der Waals surface area contributed by atoms with Gasteiger partial charge in [0, 0.05) is 83.6 Å². The fraction of sp³-hybridized carbons (Fsp3) is 0.811. The second-order valence-electron chi connectivity index (χ2n) is 31.1. The van der Waals surface area contributed by atoms with E-state index in [9.17, 15) is 41.9 Å². The molecule has 3 unspecified atom stereocenters. The molecular formula is C74H119F3N12O13. The van der Waals surface area contributed by atoms with Crippen LogP contribution in [0.1, 0.15) is 188 Å². The van der Waals surface area contributed by atoms with E-state index in [-0.39, 0.29) is 107 Å². The van der Waals surface area contributed by atoms with Crippen molar-refractivity contribution in [1.29, 1.82) is 0 Å². The molecule has 3 heterocycles. The summed E-state index contributed by atoms with van der Waals surface area (Å²) in [5.41, 5.74) is -1.49. The van der Waals surface area contributed by atoms with E-state index in [1.54, 1.807) is 13.0 Å². The lowest BCUT2D eigenvalue weighted by Crippen LogP contribution is -2.68. The lowest BCUT2D eigenvalue weighted by Gasteiger charge is -2.51. The lowest BCUT2D eigenvalue weighted by molar-refractivity contribution is -0.215. The number of likely N-dealkylation sites (N-methyl/N-ethyl adjacent to an activating group) is 8. The Bertz CT molecular complexity index is 3030. The largest absolute Gasteiger partial charge is 0.394 e. The Hall–Kier alpha value is -6.87. The van der Waals surface area contributed by atoms with E-state index in [0.717, 1.165) is 44.9 Å². The Balaban J connectivity index is 1.30. The number of halogens is 3. The number of carbonyl (C=O) groups excluding carboxylic acids is 12. The number of rotatable bonds is 12. The van der Waals surface area contributed by atoms with Crippen LogP contribution in [0, 0.1) is 35.5 Å². The molecule has 1 spiro atoms. The minimum absolute atomic E-state index is 0.0249. The van der Waals surface area contributed by atoms with Crippen molar-refractivity contribution in [2.45, 2.75) is 254 Å². The highest BCUT2D eigenvalue weighted by Gasteiger charge is 2.56. The van der Waals surface area contributed by atoms with Crippen LogP contribution in [0.5, 0.6) is 0 Å². The summed E-state index contributed by atoms with van der Waals surface area (Å²) in [5.74, 6) is -10.5. The monoisotopic (exact) mass is 1440 g/mol. The van der Waals surface area contributed by atoms with Gasteiger partial charge in [0.2, 0.25) is 70.9 Å². The van der Waals surface area contributed by atoms with E-state index < -0.39 is 168 Å². The van der Waals surface area contributed by atoms with E-state index in [4.69, 9.17) is 4.74 Å². The van der Waals surface area contributed by atoms with Crippen LogP contribution in [0.4, 0.5) is 13.2 Å². The number of nitrogens with one attached hydrogen (secondary N) is 2. The predicted octanol–water partition coefficient (Wildman–Crippen LogP) is 5.62. The molecule has 2 bridgehead atoms. The first kappa shape index (κ1) is 82.4. The van der Waals surface area contributed by atoms with Crippen molar-refractivity contribution in [2.75, 3.05) is 96.7 Å². The molecule has 25 nitrogen and oxygen atoms in total. The van der Waals surface area contributed by atoms with Gasteiger partial charge in [0.25, 0.3) is 0 Å². The average Bonchev–Trinajstić information content (AvgIpc) is 1.17. The summed E-state index contributed by atoms with van der Waals surface area (Å²) < 4.78 is 48.2. The Labute approximate surface area is 602 Å². The quantitative estimate of drug-likeness (QED) is 0.225. The highest BCUT2D eigenvalue weighted by atomic mass is 19.4. The molecule has 2 saturated heterocycles. The molecule has 4 aliphatic carbocycles. The smallest absolute Gasteiger partial charge is 0.381 e. The first-order chi connectivity index (χ1) is 48.1. The van der Waals surface area contributed by atoms with Crippen LogP contribution in [0.2, 0.25) is 0 Å². The van der Waals surface area contributed by atoms with E-state index >= 15 is 28.8 Å². The second kappa shape index (κ2) is 36.2. The highest BCUT2D eigenvalue weighted by molar-refractivity contribution is 6.01. The van der Waals surface area contributed by atoms with Gasteiger partial charge in [0.15, 0.2) is 0 Å². The number of hydrogen-bond acceptors (Lipinski definition) is 13. The van der Waals surface area contributed by atoms with Crippen molar-refractivity contribution < 1.29 is 75.4 Å². The molecule has 102 heavy (non-hydrogen) atoms. The van der Waals surface area contributed by atoms with Crippen molar-refractivity contribution in [3.8, 4) is 0 Å². The zero-order valence-corrected chi connectivity index (χ0v) is 63.2. The SMILES string of the molecule is CCC[C@H]1C(=O)N[C@@H]([C@@H](C)CC)C(=O)N(C)CC(=O)N(C)[C@H]2C/C=C\CCN(C2=O)[C@@H](CC2CCCCC2)C(=O)N(C)CC(=O)N[C@@H](CCC2CCC(C(F)(F)F)C(OC)C2)C(=O)N2C[C@@H](C)C[C@H]2C(=O)N(C)C2(CCC2)C(=O)N(C)[C@@H](C2CCCC2)C(=O)N(C)[C@H](C(=O)N(C)C)CC(=O)N1C. The standard InChI is InChI=1S/C74H119F3N12O13/c1-15-26-53-64(93)79-62(47(4)16-2)70(99)82(8)45-61(92)84(10)54-31-21-18-24-38-88(69(54)98)57(40-48-27-19-17-20-28-48)67(96)81(7)44-59(90)78-52(35-33-49-32-34-51(74(75,76)77)58(41-49)102-14)65(94)89-43-46(3)39-56(89)68(97)87(13)73(36-25-37-73)72(101)86(12)63(50-29-22-23-30-50)71(100)85(11)55(66(95)80(5)6)42-60(91)83(53)9/h18,21,46-58,62-63H,15-17,19-20,22-45H2,1-14H3,(H,78,90)(H,79,93)/b21-18-/t46-,47-,49?,51?,52-,53-,54-,55-,56-,57-,58?,62-,63-/m0/s1. The van der Waals surface area contributed by atoms with Crippen molar-refractivity contribution in [3.63, 3.8) is 0 Å². The number of hydrogen-bond donors (Lipinski definition) is 2. The molecule has 2 N–H and O–H groups in total. The van der Waals surface area contributed by atoms with Crippen molar-refractivity contribution in [2.24, 2.45) is 35.5 Å². The van der Waals surface area contributed by atoms with Crippen LogP contribution in [0.15, 0.2) is 12.2 Å². The minimum atomic E-state index is -4.50. The van der Waals surface area contributed by atoms with Gasteiger partial charge in [0.1, 0.15) is 53.9 Å². The maximum Gasteiger partial charge on any atom is 0.394 e. The Morgan fingerprint density at radius 2 is 1.30 bits per heavy atom. The Kier molecular flexibility index (Phi) is 29.3. The molecule has 3 aliphatic heterocycles. The normalized spacial score (nSPS) is 31.0. The minimum Gasteiger partial charge on any atom is -0.381 e. The van der Waals surface area contributed by atoms with Gasteiger partial charge in [-0.2, -0.15) is 13.2 Å². The second-order valence-corrected chi connectivity index (χ2v) is 31.1. The number of methoxy groups -OCH3 is 1. The maximum absolute atomic E-state index is 15.7. The van der Waals surface area contributed by atoms with Gasteiger partial charge in [0.05, 0.1) is 31.5 Å². The average molecular weight is 1440 g/mol. The summed E-state index contributed by atoms with van der Waals surface area (Å²) in [5, 5.41) is 5.80. The zero-order valence-electron chi connectivity index (χ0n) is 63.2. The van der Waals surface area contributed by atoms with Crippen LogP contribution in [-0.2, 0) is 62.3 Å². The Morgan fingerprint density at radius 1 is 0.657 bits per heavy atom. The molecule has 574 valence electrons. The number of alkyl halides is 3. The zero-order chi connectivity index (χ0) is 75.4. The van der Waals surface area contributed by atoms with Gasteiger partial charge >= 0.3 is 6.18 Å². The van der Waals surface area contributed by atoms with Crippen LogP contribution < -0.4 is 10.6 Å². The number of nitrogens with zero attached hydrogens (tertiary/aromatic N) is 10. The van der Waals surface area contributed by atoms with Crippen molar-refractivity contribution in [3.05, 3.63) is 12.2 Å². The molecule has 0 aromatic carbocycles. The van der Waals surface area contributed by atoms with Gasteiger partial charge in [-0.25, -0.2) is 0 Å². The molecule has 6 fully saturated rings. The molecule has 0 aromatic rings. The number of ether oxygens (including phenoxy) is 1. The van der Waals surface area contributed by atoms with Crippen molar-refractivity contribution in [1.82, 2.24) is 59.6 Å². The molecule has 4 saturated carbocycles. The van der Waals surface area contributed by atoms with Crippen LogP contribution in [0.3, 0.4) is 0 Å². The Morgan fingerprint density at radius 3 is 1.90 bits per heavy atom. The summed E-state index contributed by atoms with van der Waals surface area (Å²) >= 11 is 0. The summed E-state index contributed by atoms with van der Waals surface area (Å²) in [4.78, 5) is 194. The first-order valence-electron chi connectivity index (χ1n) is 37.6. The topological polar surface area (TPSA) is 271 Å². The van der Waals surface area contributed by atoms with Gasteiger partial charge in [-0.05, 0) is 126 Å². The third-order valence-corrected chi connectivity index (χ3v) is 23.9. The number of amides is 12. The molecule has 28 heteroatoms. The predicted molar refractivity (Wildman–Crippen MR) is 376 cm³/mol. The van der Waals surface area contributed by atoms with Crippen LogP contribution in [-0.4, -0.2) is 283 Å². The molecule has 0 aromatic heterocycles. The fourth-order valence-electron chi connectivity index (χ4n) is 17.1. The summed E-state index contributed by atoms with van der Waals surface area (Å²) in [6, 6.07) is -9.72. The highest BCUT2D eigenvalue weighted by Crippen LogP contribution is 2.45. The molecule has 7 rings (SSSR count).